The van der Waals surface area contributed by atoms with Crippen molar-refractivity contribution in [3.8, 4) is 11.5 Å². The highest BCUT2D eigenvalue weighted by Crippen LogP contribution is 2.57. The number of benzene rings is 1. The standard InChI is InChI=1S/C18H24N2O4/c1-17(2)15-12(4-3-7-22-15)18(17,19)16(21)20-9-11-5-6-13-14(8-11)24-10-23-13/h5-6,8,12,15H,3-4,7,9-10,19H2,1-2H3,(H,20,21). The van der Waals surface area contributed by atoms with Crippen LogP contribution in [-0.2, 0) is 16.1 Å². The van der Waals surface area contributed by atoms with E-state index in [1.807, 2.05) is 32.0 Å². The Morgan fingerprint density at radius 2 is 2.12 bits per heavy atom. The van der Waals surface area contributed by atoms with Crippen LogP contribution in [0.5, 0.6) is 11.5 Å². The van der Waals surface area contributed by atoms with Gasteiger partial charge >= 0.3 is 0 Å². The molecule has 3 unspecified atom stereocenters. The molecule has 1 aromatic carbocycles. The Morgan fingerprint density at radius 1 is 1.33 bits per heavy atom. The number of hydrogen-bond donors (Lipinski definition) is 2. The molecule has 0 bridgehead atoms. The highest BCUT2D eigenvalue weighted by atomic mass is 16.7. The monoisotopic (exact) mass is 332 g/mol. The maximum Gasteiger partial charge on any atom is 0.241 e. The summed E-state index contributed by atoms with van der Waals surface area (Å²) in [5.74, 6) is 1.45. The largest absolute Gasteiger partial charge is 0.454 e. The van der Waals surface area contributed by atoms with E-state index in [2.05, 4.69) is 5.32 Å². The van der Waals surface area contributed by atoms with Gasteiger partial charge in [-0.25, -0.2) is 0 Å². The molecule has 3 aliphatic rings. The zero-order chi connectivity index (χ0) is 16.9. The number of fused-ring (bicyclic) bond motifs is 2. The number of hydrogen-bond acceptors (Lipinski definition) is 5. The van der Waals surface area contributed by atoms with Crippen LogP contribution in [0.1, 0.15) is 32.3 Å². The van der Waals surface area contributed by atoms with Gasteiger partial charge in [0.05, 0.1) is 6.10 Å². The van der Waals surface area contributed by atoms with Gasteiger partial charge in [-0.3, -0.25) is 4.79 Å². The predicted octanol–water partition coefficient (Wildman–Crippen LogP) is 1.56. The van der Waals surface area contributed by atoms with E-state index in [-0.39, 0.29) is 30.1 Å². The third kappa shape index (κ3) is 2.06. The van der Waals surface area contributed by atoms with Crippen LogP contribution >= 0.6 is 0 Å². The molecule has 24 heavy (non-hydrogen) atoms. The topological polar surface area (TPSA) is 82.8 Å². The Kier molecular flexibility index (Phi) is 3.51. The summed E-state index contributed by atoms with van der Waals surface area (Å²) in [5, 5.41) is 3.01. The first-order chi connectivity index (χ1) is 11.4. The van der Waals surface area contributed by atoms with Gasteiger partial charge in [0.2, 0.25) is 12.7 Å². The van der Waals surface area contributed by atoms with Gasteiger partial charge in [0.25, 0.3) is 0 Å². The van der Waals surface area contributed by atoms with Crippen molar-refractivity contribution >= 4 is 5.91 Å². The summed E-state index contributed by atoms with van der Waals surface area (Å²) in [6.45, 7) is 5.48. The van der Waals surface area contributed by atoms with E-state index in [1.165, 1.54) is 0 Å². The summed E-state index contributed by atoms with van der Waals surface area (Å²) in [5.41, 5.74) is 6.31. The molecule has 3 N–H and O–H groups in total. The van der Waals surface area contributed by atoms with Gasteiger partial charge in [-0.05, 0) is 30.5 Å². The van der Waals surface area contributed by atoms with E-state index in [0.717, 1.165) is 30.8 Å². The van der Waals surface area contributed by atoms with E-state index in [4.69, 9.17) is 19.9 Å². The van der Waals surface area contributed by atoms with Crippen LogP contribution in [0.25, 0.3) is 0 Å². The lowest BCUT2D eigenvalue weighted by atomic mass is 9.46. The average Bonchev–Trinajstić information content (AvgIpc) is 3.06. The first-order valence-corrected chi connectivity index (χ1v) is 8.52. The number of ether oxygens (including phenoxy) is 3. The fraction of sp³-hybridized carbons (Fsp3) is 0.611. The highest BCUT2D eigenvalue weighted by Gasteiger charge is 2.70. The van der Waals surface area contributed by atoms with Crippen molar-refractivity contribution in [2.75, 3.05) is 13.4 Å². The first kappa shape index (κ1) is 15.7. The molecule has 1 saturated carbocycles. The Balaban J connectivity index is 1.46. The van der Waals surface area contributed by atoms with Crippen molar-refractivity contribution < 1.29 is 19.0 Å². The van der Waals surface area contributed by atoms with E-state index < -0.39 is 5.54 Å². The lowest BCUT2D eigenvalue weighted by Crippen LogP contribution is -2.82. The maximum absolute atomic E-state index is 12.9. The van der Waals surface area contributed by atoms with Gasteiger partial charge < -0.3 is 25.3 Å². The maximum atomic E-state index is 12.9. The molecule has 6 heteroatoms. The van der Waals surface area contributed by atoms with Crippen LogP contribution in [0.4, 0.5) is 0 Å². The van der Waals surface area contributed by atoms with Crippen molar-refractivity contribution in [3.05, 3.63) is 23.8 Å². The number of nitrogens with one attached hydrogen (secondary N) is 1. The molecule has 2 fully saturated rings. The van der Waals surface area contributed by atoms with Crippen molar-refractivity contribution in [2.24, 2.45) is 17.1 Å². The van der Waals surface area contributed by atoms with Gasteiger partial charge in [0.1, 0.15) is 5.54 Å². The second-order valence-electron chi connectivity index (χ2n) is 7.50. The number of carbonyl (C=O) groups is 1. The van der Waals surface area contributed by atoms with E-state index in [1.54, 1.807) is 0 Å². The van der Waals surface area contributed by atoms with Crippen LogP contribution in [-0.4, -0.2) is 30.9 Å². The second-order valence-corrected chi connectivity index (χ2v) is 7.50. The highest BCUT2D eigenvalue weighted by molar-refractivity contribution is 5.89. The summed E-state index contributed by atoms with van der Waals surface area (Å²) >= 11 is 0. The molecule has 1 aliphatic carbocycles. The molecule has 2 heterocycles. The molecular formula is C18H24N2O4. The minimum absolute atomic E-state index is 0.0764. The summed E-state index contributed by atoms with van der Waals surface area (Å²) in [6.07, 6.45) is 1.99. The van der Waals surface area contributed by atoms with Gasteiger partial charge in [0, 0.05) is 24.5 Å². The van der Waals surface area contributed by atoms with Gasteiger partial charge in [-0.1, -0.05) is 19.9 Å². The minimum Gasteiger partial charge on any atom is -0.454 e. The van der Waals surface area contributed by atoms with Crippen molar-refractivity contribution in [1.29, 1.82) is 0 Å². The number of rotatable bonds is 3. The van der Waals surface area contributed by atoms with Gasteiger partial charge in [-0.15, -0.1) is 0 Å². The predicted molar refractivity (Wildman–Crippen MR) is 87.6 cm³/mol. The Morgan fingerprint density at radius 3 is 2.96 bits per heavy atom. The lowest BCUT2D eigenvalue weighted by Gasteiger charge is -2.65. The van der Waals surface area contributed by atoms with Crippen LogP contribution in [0.15, 0.2) is 18.2 Å². The smallest absolute Gasteiger partial charge is 0.241 e. The third-order valence-corrected chi connectivity index (χ3v) is 5.95. The van der Waals surface area contributed by atoms with Crippen LogP contribution in [0.3, 0.4) is 0 Å². The molecule has 6 nitrogen and oxygen atoms in total. The number of nitrogens with two attached hydrogens (primary N) is 1. The van der Waals surface area contributed by atoms with Crippen molar-refractivity contribution in [3.63, 3.8) is 0 Å². The molecule has 0 spiro atoms. The quantitative estimate of drug-likeness (QED) is 0.878. The summed E-state index contributed by atoms with van der Waals surface area (Å²) in [6, 6.07) is 5.68. The number of carbonyl (C=O) groups excluding carboxylic acids is 1. The molecule has 3 atom stereocenters. The van der Waals surface area contributed by atoms with Crippen LogP contribution in [0, 0.1) is 11.3 Å². The molecule has 1 aromatic rings. The lowest BCUT2D eigenvalue weighted by molar-refractivity contribution is -0.225. The molecule has 130 valence electrons. The SMILES string of the molecule is CC1(C)C2OCCCC2C1(N)C(=O)NCc1ccc2c(c1)OCO2. The Labute approximate surface area is 141 Å². The molecule has 1 saturated heterocycles. The van der Waals surface area contributed by atoms with E-state index in [0.29, 0.717) is 12.3 Å². The fourth-order valence-electron chi connectivity index (χ4n) is 4.42. The Hall–Kier alpha value is -1.79. The summed E-state index contributed by atoms with van der Waals surface area (Å²) in [4.78, 5) is 12.9. The zero-order valence-corrected chi connectivity index (χ0v) is 14.1. The van der Waals surface area contributed by atoms with Crippen LogP contribution in [0.2, 0.25) is 0 Å². The van der Waals surface area contributed by atoms with E-state index >= 15 is 0 Å². The molecule has 0 aromatic heterocycles. The number of amides is 1. The minimum atomic E-state index is -0.881. The van der Waals surface area contributed by atoms with Crippen LogP contribution < -0.4 is 20.5 Å². The summed E-state index contributed by atoms with van der Waals surface area (Å²) in [7, 11) is 0. The van der Waals surface area contributed by atoms with Crippen molar-refractivity contribution in [2.45, 2.75) is 44.9 Å². The molecular weight excluding hydrogens is 308 g/mol. The molecule has 4 rings (SSSR count). The van der Waals surface area contributed by atoms with E-state index in [9.17, 15) is 4.79 Å². The van der Waals surface area contributed by atoms with Gasteiger partial charge in [0.15, 0.2) is 11.5 Å². The molecule has 1 amide bonds. The third-order valence-electron chi connectivity index (χ3n) is 5.95. The first-order valence-electron chi connectivity index (χ1n) is 8.52. The molecule has 2 aliphatic heterocycles. The Bertz CT molecular complexity index is 675. The second kappa shape index (κ2) is 5.36. The average molecular weight is 332 g/mol. The van der Waals surface area contributed by atoms with Crippen molar-refractivity contribution in [1.82, 2.24) is 5.32 Å². The summed E-state index contributed by atoms with van der Waals surface area (Å²) < 4.78 is 16.5. The normalized spacial score (nSPS) is 32.6. The zero-order valence-electron chi connectivity index (χ0n) is 14.1. The molecule has 0 radical (unpaired) electrons. The fourth-order valence-corrected chi connectivity index (χ4v) is 4.42. The van der Waals surface area contributed by atoms with Gasteiger partial charge in [-0.2, -0.15) is 0 Å².